The summed E-state index contributed by atoms with van der Waals surface area (Å²) in [5, 5.41) is 12.5. The van der Waals surface area contributed by atoms with Gasteiger partial charge in [0.1, 0.15) is 5.75 Å². The fourth-order valence-electron chi connectivity index (χ4n) is 2.45. The van der Waals surface area contributed by atoms with Crippen molar-refractivity contribution in [3.05, 3.63) is 51.2 Å². The predicted molar refractivity (Wildman–Crippen MR) is 90.3 cm³/mol. The van der Waals surface area contributed by atoms with E-state index in [4.69, 9.17) is 0 Å². The number of nitrogens with one attached hydrogen (secondary N) is 1. The predicted octanol–water partition coefficient (Wildman–Crippen LogP) is 3.97. The van der Waals surface area contributed by atoms with E-state index in [1.54, 1.807) is 41.5 Å². The van der Waals surface area contributed by atoms with Gasteiger partial charge in [-0.15, -0.1) is 11.3 Å². The molecule has 1 heterocycles. The number of benzene rings is 1. The molecule has 0 aliphatic carbocycles. The van der Waals surface area contributed by atoms with Crippen LogP contribution in [0.5, 0.6) is 5.75 Å². The van der Waals surface area contributed by atoms with E-state index in [0.29, 0.717) is 6.54 Å². The Kier molecular flexibility index (Phi) is 5.08. The molecule has 0 unspecified atom stereocenters. The lowest BCUT2D eigenvalue weighted by molar-refractivity contribution is 0.203. The van der Waals surface area contributed by atoms with Crippen molar-refractivity contribution in [3.8, 4) is 5.75 Å². The van der Waals surface area contributed by atoms with Crippen molar-refractivity contribution in [2.75, 3.05) is 7.05 Å². The Balaban J connectivity index is 1.97. The zero-order valence-corrected chi connectivity index (χ0v) is 14.2. The lowest BCUT2D eigenvalue weighted by Gasteiger charge is -2.21. The standard InChI is InChI=1S/C17H22N2O2S/c1-11-8-16(13(3)22-11)12(2)18-17(21)19(4)10-14-6-5-7-15(20)9-14/h5-9,12,20H,10H2,1-4H3,(H,18,21)/t12-/m0/s1. The fourth-order valence-corrected chi connectivity index (χ4v) is 3.48. The first-order valence-corrected chi connectivity index (χ1v) is 8.05. The van der Waals surface area contributed by atoms with E-state index in [-0.39, 0.29) is 17.8 Å². The van der Waals surface area contributed by atoms with Gasteiger partial charge in [-0.05, 0) is 50.1 Å². The third kappa shape index (κ3) is 4.01. The highest BCUT2D eigenvalue weighted by atomic mass is 32.1. The number of carbonyl (C=O) groups excluding carboxylic acids is 1. The van der Waals surface area contributed by atoms with Crippen LogP contribution in [0.4, 0.5) is 4.79 Å². The summed E-state index contributed by atoms with van der Waals surface area (Å²) in [5.74, 6) is 0.212. The lowest BCUT2D eigenvalue weighted by atomic mass is 10.1. The van der Waals surface area contributed by atoms with E-state index >= 15 is 0 Å². The van der Waals surface area contributed by atoms with Gasteiger partial charge in [-0.3, -0.25) is 0 Å². The van der Waals surface area contributed by atoms with E-state index in [0.717, 1.165) is 5.56 Å². The first-order chi connectivity index (χ1) is 10.4. The third-order valence-corrected chi connectivity index (χ3v) is 4.54. The zero-order valence-electron chi connectivity index (χ0n) is 13.4. The Morgan fingerprint density at radius 2 is 2.09 bits per heavy atom. The van der Waals surface area contributed by atoms with Gasteiger partial charge in [-0.2, -0.15) is 0 Å². The second-order valence-electron chi connectivity index (χ2n) is 5.57. The number of hydrogen-bond donors (Lipinski definition) is 2. The average Bonchev–Trinajstić information content (AvgIpc) is 2.77. The number of aryl methyl sites for hydroxylation is 2. The molecule has 2 amide bonds. The summed E-state index contributed by atoms with van der Waals surface area (Å²) in [5.41, 5.74) is 2.06. The van der Waals surface area contributed by atoms with Gasteiger partial charge in [-0.25, -0.2) is 4.79 Å². The monoisotopic (exact) mass is 318 g/mol. The normalized spacial score (nSPS) is 12.0. The maximum Gasteiger partial charge on any atom is 0.317 e. The van der Waals surface area contributed by atoms with Crippen LogP contribution in [-0.4, -0.2) is 23.1 Å². The van der Waals surface area contributed by atoms with Crippen LogP contribution in [-0.2, 0) is 6.54 Å². The molecule has 0 spiro atoms. The number of aromatic hydroxyl groups is 1. The summed E-state index contributed by atoms with van der Waals surface area (Å²) in [4.78, 5) is 16.4. The molecule has 5 heteroatoms. The van der Waals surface area contributed by atoms with Crippen LogP contribution in [0.25, 0.3) is 0 Å². The Hall–Kier alpha value is -2.01. The number of thiophene rings is 1. The van der Waals surface area contributed by atoms with Gasteiger partial charge in [0.15, 0.2) is 0 Å². The van der Waals surface area contributed by atoms with Gasteiger partial charge in [0, 0.05) is 23.3 Å². The van der Waals surface area contributed by atoms with Gasteiger partial charge in [0.25, 0.3) is 0 Å². The minimum absolute atomic E-state index is 0.0240. The van der Waals surface area contributed by atoms with Crippen molar-refractivity contribution in [2.45, 2.75) is 33.4 Å². The lowest BCUT2D eigenvalue weighted by Crippen LogP contribution is -2.38. The number of phenols is 1. The maximum absolute atomic E-state index is 12.3. The minimum atomic E-state index is -0.126. The van der Waals surface area contributed by atoms with Crippen LogP contribution in [0.3, 0.4) is 0 Å². The molecule has 2 N–H and O–H groups in total. The summed E-state index contributed by atoms with van der Waals surface area (Å²) < 4.78 is 0. The van der Waals surface area contributed by atoms with Crippen molar-refractivity contribution in [2.24, 2.45) is 0 Å². The molecule has 118 valence electrons. The van der Waals surface area contributed by atoms with Crippen LogP contribution >= 0.6 is 11.3 Å². The largest absolute Gasteiger partial charge is 0.508 e. The van der Waals surface area contributed by atoms with Crippen molar-refractivity contribution in [3.63, 3.8) is 0 Å². The third-order valence-electron chi connectivity index (χ3n) is 3.56. The van der Waals surface area contributed by atoms with E-state index < -0.39 is 0 Å². The molecule has 0 fully saturated rings. The molecule has 0 saturated heterocycles. The van der Waals surface area contributed by atoms with Crippen molar-refractivity contribution >= 4 is 17.4 Å². The molecule has 0 bridgehead atoms. The molecule has 0 saturated carbocycles. The summed E-state index contributed by atoms with van der Waals surface area (Å²) in [6.07, 6.45) is 0. The Labute approximate surface area is 135 Å². The van der Waals surface area contributed by atoms with E-state index in [2.05, 4.69) is 25.2 Å². The van der Waals surface area contributed by atoms with E-state index in [1.165, 1.54) is 15.3 Å². The topological polar surface area (TPSA) is 52.6 Å². The zero-order chi connectivity index (χ0) is 16.3. The highest BCUT2D eigenvalue weighted by Gasteiger charge is 2.16. The number of carbonyl (C=O) groups is 1. The highest BCUT2D eigenvalue weighted by Crippen LogP contribution is 2.26. The number of urea groups is 1. The molecule has 4 nitrogen and oxygen atoms in total. The van der Waals surface area contributed by atoms with Gasteiger partial charge in [0.2, 0.25) is 0 Å². The smallest absolute Gasteiger partial charge is 0.317 e. The van der Waals surface area contributed by atoms with Gasteiger partial charge < -0.3 is 15.3 Å². The molecule has 2 aromatic rings. The summed E-state index contributed by atoms with van der Waals surface area (Å²) in [6, 6.07) is 8.92. The van der Waals surface area contributed by atoms with Crippen LogP contribution in [0.1, 0.15) is 33.8 Å². The molecule has 0 aliphatic rings. The molecule has 1 atom stereocenters. The Bertz CT molecular complexity index is 666. The van der Waals surface area contributed by atoms with Gasteiger partial charge >= 0.3 is 6.03 Å². The molecule has 22 heavy (non-hydrogen) atoms. The molecule has 1 aromatic heterocycles. The molecule has 0 radical (unpaired) electrons. The molecular formula is C17H22N2O2S. The summed E-state index contributed by atoms with van der Waals surface area (Å²) in [7, 11) is 1.75. The molecule has 2 rings (SSSR count). The second kappa shape index (κ2) is 6.83. The number of hydrogen-bond acceptors (Lipinski definition) is 3. The van der Waals surface area contributed by atoms with Crippen LogP contribution in [0.2, 0.25) is 0 Å². The quantitative estimate of drug-likeness (QED) is 0.896. The Morgan fingerprint density at radius 1 is 1.36 bits per heavy atom. The van der Waals surface area contributed by atoms with Crippen LogP contribution in [0, 0.1) is 13.8 Å². The first kappa shape index (κ1) is 16.4. The van der Waals surface area contributed by atoms with Gasteiger partial charge in [-0.1, -0.05) is 12.1 Å². The number of phenolic OH excluding ortho intramolecular Hbond substituents is 1. The molecule has 1 aromatic carbocycles. The summed E-state index contributed by atoms with van der Waals surface area (Å²) >= 11 is 1.74. The van der Waals surface area contributed by atoms with Crippen LogP contribution in [0.15, 0.2) is 30.3 Å². The van der Waals surface area contributed by atoms with Crippen molar-refractivity contribution in [1.29, 1.82) is 0 Å². The van der Waals surface area contributed by atoms with E-state index in [1.807, 2.05) is 13.0 Å². The number of nitrogens with zero attached hydrogens (tertiary/aromatic N) is 1. The average molecular weight is 318 g/mol. The maximum atomic E-state index is 12.3. The molecular weight excluding hydrogens is 296 g/mol. The Morgan fingerprint density at radius 3 is 2.68 bits per heavy atom. The number of amides is 2. The number of rotatable bonds is 4. The SMILES string of the molecule is Cc1cc([C@H](C)NC(=O)N(C)Cc2cccc(O)c2)c(C)s1. The van der Waals surface area contributed by atoms with Crippen molar-refractivity contribution < 1.29 is 9.90 Å². The van der Waals surface area contributed by atoms with E-state index in [9.17, 15) is 9.90 Å². The van der Waals surface area contributed by atoms with Crippen LogP contribution < -0.4 is 5.32 Å². The summed E-state index contributed by atoms with van der Waals surface area (Å²) in [6.45, 7) is 6.60. The highest BCUT2D eigenvalue weighted by molar-refractivity contribution is 7.12. The van der Waals surface area contributed by atoms with Crippen molar-refractivity contribution in [1.82, 2.24) is 10.2 Å². The molecule has 0 aliphatic heterocycles. The fraction of sp³-hybridized carbons (Fsp3) is 0.353. The minimum Gasteiger partial charge on any atom is -0.508 e. The second-order valence-corrected chi connectivity index (χ2v) is 7.03. The van der Waals surface area contributed by atoms with Gasteiger partial charge in [0.05, 0.1) is 6.04 Å². The first-order valence-electron chi connectivity index (χ1n) is 7.23.